The average molecular weight is 352 g/mol. The third kappa shape index (κ3) is 3.25. The van der Waals surface area contributed by atoms with Crippen molar-refractivity contribution in [3.8, 4) is 11.4 Å². The maximum atomic E-state index is 11.3. The van der Waals surface area contributed by atoms with Crippen LogP contribution in [0.25, 0.3) is 22.4 Å². The number of nitrogens with zero attached hydrogens (tertiary/aromatic N) is 2. The second-order valence-corrected chi connectivity index (χ2v) is 6.66. The summed E-state index contributed by atoms with van der Waals surface area (Å²) >= 11 is 0. The molecule has 0 spiro atoms. The normalized spacial score (nSPS) is 20.2. The number of carbonyl (C=O) groups is 1. The number of hydrogen-bond acceptors (Lipinski definition) is 5. The maximum absolute atomic E-state index is 11.3. The fourth-order valence-corrected chi connectivity index (χ4v) is 3.36. The second-order valence-electron chi connectivity index (χ2n) is 6.66. The van der Waals surface area contributed by atoms with Crippen LogP contribution in [0.5, 0.6) is 0 Å². The molecule has 1 aromatic carbocycles. The molecular weight excluding hydrogens is 332 g/mol. The first-order chi connectivity index (χ1) is 12.6. The second kappa shape index (κ2) is 6.76. The Morgan fingerprint density at radius 3 is 2.54 bits per heavy atom. The Balaban J connectivity index is 1.76. The Bertz CT molecular complexity index is 931. The topological polar surface area (TPSA) is 111 Å². The van der Waals surface area contributed by atoms with E-state index in [-0.39, 0.29) is 17.8 Å². The van der Waals surface area contributed by atoms with Crippen LogP contribution >= 0.6 is 0 Å². The molecule has 0 unspecified atom stereocenters. The molecule has 0 aliphatic heterocycles. The molecule has 1 aliphatic rings. The largest absolute Gasteiger partial charge is 0.477 e. The van der Waals surface area contributed by atoms with Gasteiger partial charge in [0.15, 0.2) is 5.82 Å². The number of carboxylic acids is 1. The first-order valence-electron chi connectivity index (χ1n) is 8.74. The number of hydrogen-bond donors (Lipinski definition) is 4. The molecule has 1 fully saturated rings. The van der Waals surface area contributed by atoms with E-state index in [4.69, 9.17) is 0 Å². The van der Waals surface area contributed by atoms with E-state index in [0.717, 1.165) is 31.2 Å². The zero-order chi connectivity index (χ0) is 18.1. The summed E-state index contributed by atoms with van der Waals surface area (Å²) < 4.78 is 0. The van der Waals surface area contributed by atoms with Crippen molar-refractivity contribution in [2.45, 2.75) is 37.8 Å². The van der Waals surface area contributed by atoms with E-state index in [0.29, 0.717) is 22.7 Å². The highest BCUT2D eigenvalue weighted by atomic mass is 16.4. The predicted molar refractivity (Wildman–Crippen MR) is 98.2 cm³/mol. The number of fused-ring (bicyclic) bond motifs is 1. The Morgan fingerprint density at radius 2 is 1.85 bits per heavy atom. The van der Waals surface area contributed by atoms with Gasteiger partial charge in [-0.3, -0.25) is 0 Å². The lowest BCUT2D eigenvalue weighted by Gasteiger charge is -2.26. The smallest absolute Gasteiger partial charge is 0.352 e. The van der Waals surface area contributed by atoms with Gasteiger partial charge in [-0.15, -0.1) is 0 Å². The van der Waals surface area contributed by atoms with Gasteiger partial charge >= 0.3 is 5.97 Å². The first-order valence-corrected chi connectivity index (χ1v) is 8.74. The number of H-pyrrole nitrogens is 1. The van der Waals surface area contributed by atoms with Gasteiger partial charge in [0.25, 0.3) is 0 Å². The van der Waals surface area contributed by atoms with Crippen LogP contribution in [0.3, 0.4) is 0 Å². The van der Waals surface area contributed by atoms with Gasteiger partial charge in [0.05, 0.1) is 11.5 Å². The Hall–Kier alpha value is -2.93. The number of nitrogens with one attached hydrogen (secondary N) is 2. The molecular formula is C19H20N4O3. The molecule has 134 valence electrons. The van der Waals surface area contributed by atoms with Crippen molar-refractivity contribution in [1.29, 1.82) is 0 Å². The van der Waals surface area contributed by atoms with Gasteiger partial charge in [0, 0.05) is 11.6 Å². The number of aliphatic hydroxyl groups excluding tert-OH is 1. The van der Waals surface area contributed by atoms with Crippen molar-refractivity contribution >= 4 is 22.8 Å². The summed E-state index contributed by atoms with van der Waals surface area (Å²) in [5.74, 6) is 0.130. The lowest BCUT2D eigenvalue weighted by Crippen LogP contribution is -2.28. The molecule has 1 aliphatic carbocycles. The van der Waals surface area contributed by atoms with Crippen LogP contribution in [-0.2, 0) is 0 Å². The van der Waals surface area contributed by atoms with Crippen molar-refractivity contribution < 1.29 is 15.0 Å². The molecule has 7 heteroatoms. The molecule has 4 N–H and O–H groups in total. The molecule has 2 aromatic heterocycles. The molecule has 3 aromatic rings. The Kier molecular flexibility index (Phi) is 4.30. The zero-order valence-corrected chi connectivity index (χ0v) is 14.1. The van der Waals surface area contributed by atoms with Crippen LogP contribution in [0.4, 0.5) is 5.82 Å². The van der Waals surface area contributed by atoms with E-state index in [9.17, 15) is 15.0 Å². The highest BCUT2D eigenvalue weighted by Crippen LogP contribution is 2.28. The average Bonchev–Trinajstić information content (AvgIpc) is 3.09. The van der Waals surface area contributed by atoms with E-state index in [1.54, 1.807) is 6.07 Å². The van der Waals surface area contributed by atoms with Crippen LogP contribution in [0.2, 0.25) is 0 Å². The maximum Gasteiger partial charge on any atom is 0.352 e. The molecule has 2 heterocycles. The number of benzene rings is 1. The minimum absolute atomic E-state index is 0.0848. The third-order valence-electron chi connectivity index (χ3n) is 4.79. The molecule has 0 bridgehead atoms. The molecule has 26 heavy (non-hydrogen) atoms. The van der Waals surface area contributed by atoms with E-state index >= 15 is 0 Å². The van der Waals surface area contributed by atoms with Crippen molar-refractivity contribution in [3.63, 3.8) is 0 Å². The van der Waals surface area contributed by atoms with Crippen LogP contribution < -0.4 is 5.32 Å². The van der Waals surface area contributed by atoms with Gasteiger partial charge in [0.2, 0.25) is 0 Å². The highest BCUT2D eigenvalue weighted by Gasteiger charge is 2.22. The van der Waals surface area contributed by atoms with Crippen molar-refractivity contribution in [2.75, 3.05) is 5.32 Å². The standard InChI is InChI=1S/C19H20N4O3/c24-13-8-6-12(7-9-13)20-17-14-10-15(19(25)26)21-18(14)23-16(22-17)11-4-2-1-3-5-11/h1-5,10,12-13,24H,6-9H2,(H,25,26)(H2,20,21,22,23). The predicted octanol–water partition coefficient (Wildman–Crippen LogP) is 3.04. The van der Waals surface area contributed by atoms with E-state index < -0.39 is 5.97 Å². The molecule has 0 atom stereocenters. The molecule has 0 saturated heterocycles. The highest BCUT2D eigenvalue weighted by molar-refractivity contribution is 5.97. The summed E-state index contributed by atoms with van der Waals surface area (Å²) in [6.07, 6.45) is 2.98. The minimum atomic E-state index is -1.03. The van der Waals surface area contributed by atoms with E-state index in [2.05, 4.69) is 20.3 Å². The van der Waals surface area contributed by atoms with Crippen molar-refractivity contribution in [2.24, 2.45) is 0 Å². The number of aromatic carboxylic acids is 1. The molecule has 0 radical (unpaired) electrons. The summed E-state index contributed by atoms with van der Waals surface area (Å²) in [5, 5.41) is 23.1. The summed E-state index contributed by atoms with van der Waals surface area (Å²) in [6.45, 7) is 0. The van der Waals surface area contributed by atoms with Crippen LogP contribution in [-0.4, -0.2) is 43.3 Å². The van der Waals surface area contributed by atoms with Crippen molar-refractivity contribution in [1.82, 2.24) is 15.0 Å². The number of aromatic amines is 1. The molecule has 1 saturated carbocycles. The minimum Gasteiger partial charge on any atom is -0.477 e. The summed E-state index contributed by atoms with van der Waals surface area (Å²) in [7, 11) is 0. The monoisotopic (exact) mass is 352 g/mol. The number of aliphatic hydroxyl groups is 1. The van der Waals surface area contributed by atoms with Gasteiger partial charge in [-0.1, -0.05) is 30.3 Å². The number of aromatic nitrogens is 3. The van der Waals surface area contributed by atoms with Crippen LogP contribution in [0.15, 0.2) is 36.4 Å². The molecule has 4 rings (SSSR count). The van der Waals surface area contributed by atoms with Gasteiger partial charge in [-0.2, -0.15) is 0 Å². The third-order valence-corrected chi connectivity index (χ3v) is 4.79. The molecule has 0 amide bonds. The Labute approximate surface area is 150 Å². The quantitative estimate of drug-likeness (QED) is 0.574. The van der Waals surface area contributed by atoms with Gasteiger partial charge < -0.3 is 20.5 Å². The summed E-state index contributed by atoms with van der Waals surface area (Å²) in [5.41, 5.74) is 1.44. The lowest BCUT2D eigenvalue weighted by atomic mass is 9.93. The van der Waals surface area contributed by atoms with Crippen molar-refractivity contribution in [3.05, 3.63) is 42.1 Å². The van der Waals surface area contributed by atoms with Gasteiger partial charge in [-0.25, -0.2) is 14.8 Å². The lowest BCUT2D eigenvalue weighted by molar-refractivity contribution is 0.0691. The first kappa shape index (κ1) is 16.5. The fraction of sp³-hybridized carbons (Fsp3) is 0.316. The zero-order valence-electron chi connectivity index (χ0n) is 14.1. The van der Waals surface area contributed by atoms with Crippen LogP contribution in [0, 0.1) is 0 Å². The van der Waals surface area contributed by atoms with E-state index in [1.807, 2.05) is 30.3 Å². The van der Waals surface area contributed by atoms with Gasteiger partial charge in [0.1, 0.15) is 17.2 Å². The Morgan fingerprint density at radius 1 is 1.12 bits per heavy atom. The summed E-state index contributed by atoms with van der Waals surface area (Å²) in [6, 6.07) is 11.3. The number of anilines is 1. The van der Waals surface area contributed by atoms with Gasteiger partial charge in [-0.05, 0) is 31.7 Å². The SMILES string of the molecule is O=C(O)c1cc2c(NC3CCC(O)CC3)nc(-c3ccccc3)nc2[nH]1. The number of carboxylic acid groups (broad SMARTS) is 1. The molecule has 7 nitrogen and oxygen atoms in total. The van der Waals surface area contributed by atoms with E-state index in [1.165, 1.54) is 0 Å². The summed E-state index contributed by atoms with van der Waals surface area (Å²) in [4.78, 5) is 23.4. The fourth-order valence-electron chi connectivity index (χ4n) is 3.36. The van der Waals surface area contributed by atoms with Crippen LogP contribution in [0.1, 0.15) is 36.2 Å². The number of rotatable bonds is 4.